The number of para-hydroxylation sites is 1. The maximum Gasteiger partial charge on any atom is 0.254 e. The molecule has 2 aliphatic rings. The van der Waals surface area contributed by atoms with Gasteiger partial charge in [0.2, 0.25) is 5.91 Å². The SMILES string of the molecule is O=C1CSc2ccc(C(=O)N3CCN(Cc4cccc5cccnc45)CC3)cc2N1. The number of benzene rings is 2. The summed E-state index contributed by atoms with van der Waals surface area (Å²) in [6, 6.07) is 15.9. The number of piperazine rings is 1. The van der Waals surface area contributed by atoms with Crippen molar-refractivity contribution in [1.29, 1.82) is 0 Å². The molecule has 30 heavy (non-hydrogen) atoms. The van der Waals surface area contributed by atoms with Crippen LogP contribution < -0.4 is 5.32 Å². The van der Waals surface area contributed by atoms with Crippen LogP contribution in [0.2, 0.25) is 0 Å². The minimum absolute atomic E-state index is 0.0198. The summed E-state index contributed by atoms with van der Waals surface area (Å²) in [7, 11) is 0. The van der Waals surface area contributed by atoms with E-state index in [4.69, 9.17) is 0 Å². The van der Waals surface area contributed by atoms with Crippen molar-refractivity contribution in [2.24, 2.45) is 0 Å². The van der Waals surface area contributed by atoms with Gasteiger partial charge in [0.05, 0.1) is 17.0 Å². The van der Waals surface area contributed by atoms with Gasteiger partial charge >= 0.3 is 0 Å². The summed E-state index contributed by atoms with van der Waals surface area (Å²) in [4.78, 5) is 34.5. The molecular weight excluding hydrogens is 396 g/mol. The van der Waals surface area contributed by atoms with Gasteiger partial charge in [0.1, 0.15) is 0 Å². The first-order chi connectivity index (χ1) is 14.7. The average molecular weight is 419 g/mol. The topological polar surface area (TPSA) is 65.5 Å². The Labute approximate surface area is 179 Å². The molecule has 6 nitrogen and oxygen atoms in total. The van der Waals surface area contributed by atoms with Gasteiger partial charge in [0.25, 0.3) is 5.91 Å². The lowest BCUT2D eigenvalue weighted by Gasteiger charge is -2.35. The van der Waals surface area contributed by atoms with E-state index in [0.717, 1.165) is 41.1 Å². The second-order valence-corrected chi connectivity index (χ2v) is 8.63. The molecule has 0 saturated carbocycles. The number of nitrogens with one attached hydrogen (secondary N) is 1. The van der Waals surface area contributed by atoms with E-state index in [0.29, 0.717) is 24.4 Å². The molecule has 3 aromatic rings. The van der Waals surface area contributed by atoms with Crippen molar-refractivity contribution in [3.05, 3.63) is 65.9 Å². The fourth-order valence-corrected chi connectivity index (χ4v) is 4.83. The summed E-state index contributed by atoms with van der Waals surface area (Å²) in [5, 5.41) is 4.02. The van der Waals surface area contributed by atoms with Crippen LogP contribution in [0, 0.1) is 0 Å². The molecule has 0 radical (unpaired) electrons. The molecular formula is C23H22N4O2S. The van der Waals surface area contributed by atoms with E-state index in [-0.39, 0.29) is 11.8 Å². The fourth-order valence-electron chi connectivity index (χ4n) is 4.04. The largest absolute Gasteiger partial charge is 0.336 e. The number of aromatic nitrogens is 1. The molecule has 1 fully saturated rings. The van der Waals surface area contributed by atoms with Crippen LogP contribution in [-0.4, -0.2) is 58.5 Å². The summed E-state index contributed by atoms with van der Waals surface area (Å²) in [5.74, 6) is 0.428. The van der Waals surface area contributed by atoms with E-state index in [2.05, 4.69) is 39.5 Å². The molecule has 2 aliphatic heterocycles. The zero-order chi connectivity index (χ0) is 20.5. The number of hydrogen-bond donors (Lipinski definition) is 1. The van der Waals surface area contributed by atoms with Crippen LogP contribution >= 0.6 is 11.8 Å². The smallest absolute Gasteiger partial charge is 0.254 e. The molecule has 2 aromatic carbocycles. The number of amides is 2. The Kier molecular flexibility index (Phi) is 5.14. The second kappa shape index (κ2) is 8.08. The first-order valence-electron chi connectivity index (χ1n) is 10.1. The minimum Gasteiger partial charge on any atom is -0.336 e. The first-order valence-corrected chi connectivity index (χ1v) is 11.1. The third kappa shape index (κ3) is 3.78. The highest BCUT2D eigenvalue weighted by Crippen LogP contribution is 2.32. The van der Waals surface area contributed by atoms with Gasteiger partial charge in [-0.25, -0.2) is 0 Å². The molecule has 1 aromatic heterocycles. The van der Waals surface area contributed by atoms with Gasteiger partial charge in [0.15, 0.2) is 0 Å². The van der Waals surface area contributed by atoms with Crippen molar-refractivity contribution in [3.63, 3.8) is 0 Å². The first kappa shape index (κ1) is 19.1. The van der Waals surface area contributed by atoms with Gasteiger partial charge < -0.3 is 10.2 Å². The van der Waals surface area contributed by atoms with Crippen LogP contribution in [0.15, 0.2) is 59.6 Å². The number of rotatable bonds is 3. The Bertz CT molecular complexity index is 1120. The number of hydrogen-bond acceptors (Lipinski definition) is 5. The predicted octanol–water partition coefficient (Wildman–Crippen LogP) is 3.24. The summed E-state index contributed by atoms with van der Waals surface area (Å²) in [6.45, 7) is 3.86. The van der Waals surface area contributed by atoms with Crippen molar-refractivity contribution < 1.29 is 9.59 Å². The Balaban J connectivity index is 1.24. The van der Waals surface area contributed by atoms with Gasteiger partial charge in [-0.05, 0) is 29.8 Å². The lowest BCUT2D eigenvalue weighted by Crippen LogP contribution is -2.48. The number of fused-ring (bicyclic) bond motifs is 2. The summed E-state index contributed by atoms with van der Waals surface area (Å²) < 4.78 is 0. The quantitative estimate of drug-likeness (QED) is 0.707. The molecule has 0 unspecified atom stereocenters. The molecule has 7 heteroatoms. The average Bonchev–Trinajstić information content (AvgIpc) is 2.79. The summed E-state index contributed by atoms with van der Waals surface area (Å²) >= 11 is 1.51. The van der Waals surface area contributed by atoms with E-state index >= 15 is 0 Å². The van der Waals surface area contributed by atoms with Gasteiger partial charge in [0, 0.05) is 54.8 Å². The third-order valence-corrected chi connectivity index (χ3v) is 6.70. The van der Waals surface area contributed by atoms with Crippen LogP contribution in [0.3, 0.4) is 0 Å². The number of nitrogens with zero attached hydrogens (tertiary/aromatic N) is 3. The number of carbonyl (C=O) groups is 2. The second-order valence-electron chi connectivity index (χ2n) is 7.61. The lowest BCUT2D eigenvalue weighted by atomic mass is 10.1. The van der Waals surface area contributed by atoms with Crippen LogP contribution in [-0.2, 0) is 11.3 Å². The fraction of sp³-hybridized carbons (Fsp3) is 0.261. The van der Waals surface area contributed by atoms with Crippen molar-refractivity contribution in [1.82, 2.24) is 14.8 Å². The van der Waals surface area contributed by atoms with E-state index in [1.54, 1.807) is 6.07 Å². The van der Waals surface area contributed by atoms with Gasteiger partial charge in [-0.2, -0.15) is 0 Å². The molecule has 5 rings (SSSR count). The van der Waals surface area contributed by atoms with Gasteiger partial charge in [-0.15, -0.1) is 11.8 Å². The molecule has 3 heterocycles. The monoisotopic (exact) mass is 418 g/mol. The van der Waals surface area contributed by atoms with Crippen molar-refractivity contribution in [3.8, 4) is 0 Å². The lowest BCUT2D eigenvalue weighted by molar-refractivity contribution is -0.113. The Morgan fingerprint density at radius 1 is 1.07 bits per heavy atom. The Morgan fingerprint density at radius 2 is 1.90 bits per heavy atom. The van der Waals surface area contributed by atoms with Crippen molar-refractivity contribution in [2.75, 3.05) is 37.2 Å². The molecule has 0 aliphatic carbocycles. The molecule has 2 amide bonds. The highest BCUT2D eigenvalue weighted by molar-refractivity contribution is 8.00. The van der Waals surface area contributed by atoms with E-state index < -0.39 is 0 Å². The molecule has 0 spiro atoms. The van der Waals surface area contributed by atoms with Crippen molar-refractivity contribution >= 4 is 40.2 Å². The minimum atomic E-state index is -0.0198. The molecule has 1 N–H and O–H groups in total. The number of anilines is 1. The molecule has 152 valence electrons. The maximum absolute atomic E-state index is 13.0. The molecule has 0 bridgehead atoms. The van der Waals surface area contributed by atoms with E-state index in [9.17, 15) is 9.59 Å². The normalized spacial score (nSPS) is 16.9. The molecule has 0 atom stereocenters. The summed E-state index contributed by atoms with van der Waals surface area (Å²) in [6.07, 6.45) is 1.84. The van der Waals surface area contributed by atoms with Crippen LogP contribution in [0.1, 0.15) is 15.9 Å². The van der Waals surface area contributed by atoms with Crippen LogP contribution in [0.4, 0.5) is 5.69 Å². The summed E-state index contributed by atoms with van der Waals surface area (Å²) in [5.41, 5.74) is 3.63. The van der Waals surface area contributed by atoms with Gasteiger partial charge in [-0.3, -0.25) is 19.5 Å². The van der Waals surface area contributed by atoms with Crippen molar-refractivity contribution in [2.45, 2.75) is 11.4 Å². The number of thioether (sulfide) groups is 1. The van der Waals surface area contributed by atoms with E-state index in [1.807, 2.05) is 29.3 Å². The Hall–Kier alpha value is -2.90. The maximum atomic E-state index is 13.0. The Morgan fingerprint density at radius 3 is 2.77 bits per heavy atom. The van der Waals surface area contributed by atoms with Crippen LogP contribution in [0.5, 0.6) is 0 Å². The predicted molar refractivity (Wildman–Crippen MR) is 119 cm³/mol. The van der Waals surface area contributed by atoms with E-state index in [1.165, 1.54) is 17.3 Å². The van der Waals surface area contributed by atoms with Crippen LogP contribution in [0.25, 0.3) is 10.9 Å². The zero-order valence-electron chi connectivity index (χ0n) is 16.5. The number of pyridine rings is 1. The highest BCUT2D eigenvalue weighted by Gasteiger charge is 2.24. The third-order valence-electron chi connectivity index (χ3n) is 5.63. The highest BCUT2D eigenvalue weighted by atomic mass is 32.2. The number of carbonyl (C=O) groups excluding carboxylic acids is 2. The van der Waals surface area contributed by atoms with Gasteiger partial charge in [-0.1, -0.05) is 24.3 Å². The molecule has 1 saturated heterocycles. The zero-order valence-corrected chi connectivity index (χ0v) is 17.3. The standard InChI is InChI=1S/C23H22N4O2S/c28-21-15-30-20-7-6-17(13-19(20)25-21)23(29)27-11-9-26(10-12-27)14-18-4-1-3-16-5-2-8-24-22(16)18/h1-8,13H,9-12,14-15H2,(H,25,28).